The van der Waals surface area contributed by atoms with Crippen molar-refractivity contribution < 1.29 is 9.66 Å². The number of fused-ring (bicyclic) bond motifs is 1. The summed E-state index contributed by atoms with van der Waals surface area (Å²) in [6.45, 7) is 5.58. The summed E-state index contributed by atoms with van der Waals surface area (Å²) in [6.07, 6.45) is 2.19. The number of halogens is 2. The van der Waals surface area contributed by atoms with E-state index < -0.39 is 4.92 Å². The summed E-state index contributed by atoms with van der Waals surface area (Å²) >= 11 is 9.46. The molecule has 0 radical (unpaired) electrons. The summed E-state index contributed by atoms with van der Waals surface area (Å²) in [7, 11) is 0. The molecule has 10 heteroatoms. The van der Waals surface area contributed by atoms with Crippen LogP contribution in [0.15, 0.2) is 44.7 Å². The van der Waals surface area contributed by atoms with Gasteiger partial charge in [0.1, 0.15) is 5.82 Å². The van der Waals surface area contributed by atoms with Crippen molar-refractivity contribution in [3.8, 4) is 5.75 Å². The molecule has 3 aromatic rings. The second-order valence-corrected chi connectivity index (χ2v) is 8.19. The molecular weight excluding hydrogens is 488 g/mol. The minimum Gasteiger partial charge on any atom is -0.483 e. The Hall–Kier alpha value is -2.78. The summed E-state index contributed by atoms with van der Waals surface area (Å²) in [4.78, 5) is 28.6. The standard InChI is InChI=1S/C21H20BrClN4O4/c1-4-12(3)31-20-13(8-15(23)10-18(20)27(29)30)11-24-26-19(5-2)25-17-7-6-14(22)9-16(17)21(26)28/h6-12H,4-5H2,1-3H3/t12-/m0/s1. The first-order valence-electron chi connectivity index (χ1n) is 9.65. The zero-order chi connectivity index (χ0) is 22.7. The van der Waals surface area contributed by atoms with Gasteiger partial charge in [0.05, 0.1) is 28.1 Å². The van der Waals surface area contributed by atoms with E-state index in [4.69, 9.17) is 16.3 Å². The molecular formula is C21H20BrClN4O4. The Morgan fingerprint density at radius 2 is 2.10 bits per heavy atom. The van der Waals surface area contributed by atoms with E-state index in [1.807, 2.05) is 26.8 Å². The first-order chi connectivity index (χ1) is 14.7. The normalized spacial score (nSPS) is 12.4. The molecule has 31 heavy (non-hydrogen) atoms. The molecule has 0 unspecified atom stereocenters. The Kier molecular flexibility index (Phi) is 7.07. The van der Waals surface area contributed by atoms with Gasteiger partial charge in [0.2, 0.25) is 5.75 Å². The summed E-state index contributed by atoms with van der Waals surface area (Å²) in [5.41, 5.74) is 0.247. The highest BCUT2D eigenvalue weighted by Gasteiger charge is 2.22. The lowest BCUT2D eigenvalue weighted by Gasteiger charge is -2.15. The van der Waals surface area contributed by atoms with Crippen LogP contribution in [0.5, 0.6) is 5.75 Å². The second kappa shape index (κ2) is 9.57. The van der Waals surface area contributed by atoms with Crippen molar-refractivity contribution in [3.63, 3.8) is 0 Å². The summed E-state index contributed by atoms with van der Waals surface area (Å²) < 4.78 is 7.74. The number of nitro benzene ring substituents is 1. The van der Waals surface area contributed by atoms with E-state index in [-0.39, 0.29) is 28.1 Å². The van der Waals surface area contributed by atoms with E-state index in [0.717, 1.165) is 4.47 Å². The molecule has 0 aliphatic carbocycles. The van der Waals surface area contributed by atoms with Gasteiger partial charge in [-0.3, -0.25) is 14.9 Å². The van der Waals surface area contributed by atoms with Crippen LogP contribution in [0, 0.1) is 10.1 Å². The molecule has 2 aromatic carbocycles. The maximum absolute atomic E-state index is 13.1. The van der Waals surface area contributed by atoms with Gasteiger partial charge in [-0.25, -0.2) is 4.98 Å². The molecule has 162 valence electrons. The van der Waals surface area contributed by atoms with Gasteiger partial charge in [-0.1, -0.05) is 41.4 Å². The highest BCUT2D eigenvalue weighted by atomic mass is 79.9. The average Bonchev–Trinajstić information content (AvgIpc) is 2.74. The lowest BCUT2D eigenvalue weighted by atomic mass is 10.1. The quantitative estimate of drug-likeness (QED) is 0.244. The number of aryl methyl sites for hydroxylation is 1. The SMILES string of the molecule is CCc1nc2ccc(Br)cc2c(=O)n1N=Cc1cc(Cl)cc([N+](=O)[O-])c1O[C@@H](C)CC. The zero-order valence-electron chi connectivity index (χ0n) is 17.1. The first-order valence-corrected chi connectivity index (χ1v) is 10.8. The number of rotatable bonds is 7. The predicted molar refractivity (Wildman–Crippen MR) is 125 cm³/mol. The van der Waals surface area contributed by atoms with Crippen LogP contribution in [-0.4, -0.2) is 26.9 Å². The third-order valence-corrected chi connectivity index (χ3v) is 5.37. The molecule has 1 atom stereocenters. The molecule has 0 N–H and O–H groups in total. The smallest absolute Gasteiger partial charge is 0.313 e. The zero-order valence-corrected chi connectivity index (χ0v) is 19.5. The third-order valence-electron chi connectivity index (χ3n) is 4.66. The van der Waals surface area contributed by atoms with Crippen LogP contribution >= 0.6 is 27.5 Å². The molecule has 0 bridgehead atoms. The van der Waals surface area contributed by atoms with Crippen LogP contribution in [-0.2, 0) is 6.42 Å². The van der Waals surface area contributed by atoms with Gasteiger partial charge in [-0.15, -0.1) is 0 Å². The fourth-order valence-corrected chi connectivity index (χ4v) is 3.49. The summed E-state index contributed by atoms with van der Waals surface area (Å²) in [6, 6.07) is 7.99. The summed E-state index contributed by atoms with van der Waals surface area (Å²) in [5, 5.41) is 16.4. The monoisotopic (exact) mass is 506 g/mol. The number of hydrogen-bond acceptors (Lipinski definition) is 6. The van der Waals surface area contributed by atoms with E-state index in [1.165, 1.54) is 23.0 Å². The molecule has 8 nitrogen and oxygen atoms in total. The molecule has 0 saturated heterocycles. The Morgan fingerprint density at radius 1 is 1.35 bits per heavy atom. The van der Waals surface area contributed by atoms with Crippen molar-refractivity contribution >= 4 is 50.3 Å². The van der Waals surface area contributed by atoms with E-state index in [2.05, 4.69) is 26.0 Å². The van der Waals surface area contributed by atoms with Gasteiger partial charge in [-0.05, 0) is 37.6 Å². The molecule has 1 aromatic heterocycles. The minimum absolute atomic E-state index is 0.0510. The van der Waals surface area contributed by atoms with Crippen molar-refractivity contribution in [1.29, 1.82) is 0 Å². The van der Waals surface area contributed by atoms with E-state index in [9.17, 15) is 14.9 Å². The molecule has 0 saturated carbocycles. The van der Waals surface area contributed by atoms with Crippen LogP contribution in [0.4, 0.5) is 5.69 Å². The predicted octanol–water partition coefficient (Wildman–Crippen LogP) is 5.34. The Balaban J connectivity index is 2.19. The number of nitrogens with zero attached hydrogens (tertiary/aromatic N) is 4. The van der Waals surface area contributed by atoms with Crippen molar-refractivity contribution in [2.75, 3.05) is 0 Å². The van der Waals surface area contributed by atoms with E-state index >= 15 is 0 Å². The van der Waals surface area contributed by atoms with Crippen molar-refractivity contribution in [3.05, 3.63) is 71.7 Å². The van der Waals surface area contributed by atoms with Crippen molar-refractivity contribution in [1.82, 2.24) is 9.66 Å². The van der Waals surface area contributed by atoms with Crippen LogP contribution in [0.2, 0.25) is 5.02 Å². The number of hydrogen-bond donors (Lipinski definition) is 0. The lowest BCUT2D eigenvalue weighted by molar-refractivity contribution is -0.386. The van der Waals surface area contributed by atoms with Crippen molar-refractivity contribution in [2.45, 2.75) is 39.7 Å². The Bertz CT molecular complexity index is 1240. The topological polar surface area (TPSA) is 99.6 Å². The maximum atomic E-state index is 13.1. The minimum atomic E-state index is -0.556. The molecule has 0 aliphatic rings. The average molecular weight is 508 g/mol. The Labute approximate surface area is 191 Å². The highest BCUT2D eigenvalue weighted by molar-refractivity contribution is 9.10. The van der Waals surface area contributed by atoms with Gasteiger partial charge in [0, 0.05) is 27.5 Å². The van der Waals surface area contributed by atoms with Gasteiger partial charge >= 0.3 is 5.69 Å². The van der Waals surface area contributed by atoms with Crippen LogP contribution < -0.4 is 10.3 Å². The highest BCUT2D eigenvalue weighted by Crippen LogP contribution is 2.34. The number of aromatic nitrogens is 2. The molecule has 1 heterocycles. The van der Waals surface area contributed by atoms with Crippen LogP contribution in [0.3, 0.4) is 0 Å². The summed E-state index contributed by atoms with van der Waals surface area (Å²) in [5.74, 6) is 0.507. The maximum Gasteiger partial charge on any atom is 0.313 e. The first kappa shape index (κ1) is 22.9. The number of benzene rings is 2. The molecule has 0 spiro atoms. The van der Waals surface area contributed by atoms with E-state index in [1.54, 1.807) is 12.1 Å². The Morgan fingerprint density at radius 3 is 2.74 bits per heavy atom. The molecule has 0 fully saturated rings. The number of nitro groups is 1. The van der Waals surface area contributed by atoms with Crippen LogP contribution in [0.1, 0.15) is 38.6 Å². The largest absolute Gasteiger partial charge is 0.483 e. The third kappa shape index (κ3) is 4.94. The van der Waals surface area contributed by atoms with E-state index in [0.29, 0.717) is 35.1 Å². The van der Waals surface area contributed by atoms with Gasteiger partial charge in [0.15, 0.2) is 0 Å². The fourth-order valence-electron chi connectivity index (χ4n) is 2.91. The second-order valence-electron chi connectivity index (χ2n) is 6.84. The van der Waals surface area contributed by atoms with Gasteiger partial charge in [0.25, 0.3) is 5.56 Å². The lowest BCUT2D eigenvalue weighted by Crippen LogP contribution is -2.22. The van der Waals surface area contributed by atoms with Crippen molar-refractivity contribution in [2.24, 2.45) is 5.10 Å². The van der Waals surface area contributed by atoms with Gasteiger partial charge < -0.3 is 4.74 Å². The fraction of sp³-hybridized carbons (Fsp3) is 0.286. The van der Waals surface area contributed by atoms with Crippen LogP contribution in [0.25, 0.3) is 10.9 Å². The number of ether oxygens (including phenoxy) is 1. The molecule has 0 amide bonds. The van der Waals surface area contributed by atoms with Gasteiger partial charge in [-0.2, -0.15) is 9.78 Å². The molecule has 0 aliphatic heterocycles. The molecule has 3 rings (SSSR count).